The van der Waals surface area contributed by atoms with Crippen LogP contribution in [-0.2, 0) is 20.4 Å². The number of aromatic nitrogens is 1. The lowest BCUT2D eigenvalue weighted by atomic mass is 9.78. The van der Waals surface area contributed by atoms with Crippen LogP contribution in [0.25, 0.3) is 0 Å². The molecule has 0 aromatic carbocycles. The van der Waals surface area contributed by atoms with Gasteiger partial charge in [0.05, 0.1) is 36.5 Å². The van der Waals surface area contributed by atoms with Gasteiger partial charge in [0.1, 0.15) is 5.60 Å². The van der Waals surface area contributed by atoms with Crippen molar-refractivity contribution in [2.75, 3.05) is 18.1 Å². The highest BCUT2D eigenvalue weighted by Crippen LogP contribution is 2.41. The zero-order valence-corrected chi connectivity index (χ0v) is 14.2. The number of ether oxygens (including phenoxy) is 2. The molecule has 2 fully saturated rings. The molecule has 26 heavy (non-hydrogen) atoms. The average Bonchev–Trinajstić information content (AvgIpc) is 2.91. The normalized spacial score (nSPS) is 26.1. The van der Waals surface area contributed by atoms with Crippen LogP contribution in [0.15, 0.2) is 18.5 Å². The molecule has 1 saturated carbocycles. The Morgan fingerprint density at radius 3 is 2.69 bits per heavy atom. The monoisotopic (exact) mass is 372 g/mol. The van der Waals surface area contributed by atoms with E-state index >= 15 is 0 Å². The van der Waals surface area contributed by atoms with Gasteiger partial charge in [-0.2, -0.15) is 13.2 Å². The summed E-state index contributed by atoms with van der Waals surface area (Å²) in [5, 5.41) is 0. The Hall–Kier alpha value is -2.32. The number of carbonyl (C=O) groups is 2. The van der Waals surface area contributed by atoms with E-state index in [-0.39, 0.29) is 24.1 Å². The van der Waals surface area contributed by atoms with E-state index in [1.54, 1.807) is 6.92 Å². The van der Waals surface area contributed by atoms with Gasteiger partial charge in [-0.3, -0.25) is 14.7 Å². The Morgan fingerprint density at radius 1 is 1.38 bits per heavy atom. The first-order valence-corrected chi connectivity index (χ1v) is 8.43. The van der Waals surface area contributed by atoms with Crippen LogP contribution >= 0.6 is 0 Å². The second-order valence-electron chi connectivity index (χ2n) is 6.59. The standard InChI is InChI=1S/C17H19F3N2O4/c1-2-25-14(23)11-3-5-16(6-4-11)10-22(15(24)26-16)13-7-12(8-21-9-13)17(18,19)20/h7-9,11H,2-6,10H2,1H3. The van der Waals surface area contributed by atoms with E-state index in [4.69, 9.17) is 9.47 Å². The second kappa shape index (κ2) is 6.77. The number of amides is 1. The third-order valence-electron chi connectivity index (χ3n) is 4.85. The van der Waals surface area contributed by atoms with Gasteiger partial charge in [0.15, 0.2) is 0 Å². The molecule has 0 bridgehead atoms. The molecule has 1 saturated heterocycles. The maximum Gasteiger partial charge on any atom is 0.417 e. The zero-order valence-electron chi connectivity index (χ0n) is 14.2. The van der Waals surface area contributed by atoms with Crippen LogP contribution in [0.3, 0.4) is 0 Å². The molecule has 142 valence electrons. The summed E-state index contributed by atoms with van der Waals surface area (Å²) < 4.78 is 49.1. The summed E-state index contributed by atoms with van der Waals surface area (Å²) in [5.74, 6) is -0.492. The number of hydrogen-bond acceptors (Lipinski definition) is 5. The van der Waals surface area contributed by atoms with Crippen molar-refractivity contribution >= 4 is 17.7 Å². The zero-order chi connectivity index (χ0) is 18.9. The van der Waals surface area contributed by atoms with Crippen molar-refractivity contribution in [3.63, 3.8) is 0 Å². The smallest absolute Gasteiger partial charge is 0.417 e. The highest BCUT2D eigenvalue weighted by atomic mass is 19.4. The molecule has 1 amide bonds. The first kappa shape index (κ1) is 18.5. The summed E-state index contributed by atoms with van der Waals surface area (Å²) in [5.41, 5.74) is -1.65. The van der Waals surface area contributed by atoms with Gasteiger partial charge < -0.3 is 9.47 Å². The summed E-state index contributed by atoms with van der Waals surface area (Å²) in [7, 11) is 0. The number of alkyl halides is 3. The quantitative estimate of drug-likeness (QED) is 0.759. The van der Waals surface area contributed by atoms with E-state index in [9.17, 15) is 22.8 Å². The van der Waals surface area contributed by atoms with Crippen molar-refractivity contribution < 1.29 is 32.2 Å². The number of halogens is 3. The fraction of sp³-hybridized carbons (Fsp3) is 0.588. The summed E-state index contributed by atoms with van der Waals surface area (Å²) in [6.45, 7) is 2.19. The Balaban J connectivity index is 1.71. The Labute approximate surface area is 148 Å². The lowest BCUT2D eigenvalue weighted by Crippen LogP contribution is -2.40. The molecule has 0 atom stereocenters. The number of esters is 1. The highest BCUT2D eigenvalue weighted by molar-refractivity contribution is 5.90. The van der Waals surface area contributed by atoms with Gasteiger partial charge in [0.2, 0.25) is 0 Å². The molecule has 1 spiro atoms. The first-order chi connectivity index (χ1) is 12.2. The molecule has 2 aliphatic rings. The summed E-state index contributed by atoms with van der Waals surface area (Å²) in [6, 6.07) is 0.886. The summed E-state index contributed by atoms with van der Waals surface area (Å²) >= 11 is 0. The molecule has 3 rings (SSSR count). The molecule has 9 heteroatoms. The van der Waals surface area contributed by atoms with Gasteiger partial charge in [-0.25, -0.2) is 4.79 Å². The van der Waals surface area contributed by atoms with Crippen molar-refractivity contribution in [2.45, 2.75) is 44.4 Å². The van der Waals surface area contributed by atoms with E-state index in [0.717, 1.165) is 6.07 Å². The van der Waals surface area contributed by atoms with Crippen LogP contribution < -0.4 is 4.90 Å². The molecule has 2 heterocycles. The third-order valence-corrected chi connectivity index (χ3v) is 4.85. The Morgan fingerprint density at radius 2 is 2.08 bits per heavy atom. The minimum absolute atomic E-state index is 0.0502. The Bertz CT molecular complexity index is 699. The molecule has 0 N–H and O–H groups in total. The molecule has 1 aliphatic carbocycles. The van der Waals surface area contributed by atoms with Gasteiger partial charge in [0, 0.05) is 6.20 Å². The number of pyridine rings is 1. The van der Waals surface area contributed by atoms with E-state index in [1.165, 1.54) is 11.1 Å². The van der Waals surface area contributed by atoms with E-state index in [2.05, 4.69) is 4.98 Å². The largest absolute Gasteiger partial charge is 0.466 e. The van der Waals surface area contributed by atoms with Crippen LogP contribution in [0, 0.1) is 5.92 Å². The topological polar surface area (TPSA) is 68.7 Å². The predicted molar refractivity (Wildman–Crippen MR) is 84.4 cm³/mol. The van der Waals surface area contributed by atoms with E-state index in [0.29, 0.717) is 38.5 Å². The van der Waals surface area contributed by atoms with Gasteiger partial charge >= 0.3 is 18.2 Å². The Kier molecular flexibility index (Phi) is 4.81. The van der Waals surface area contributed by atoms with Crippen LogP contribution in [0.2, 0.25) is 0 Å². The van der Waals surface area contributed by atoms with Crippen molar-refractivity contribution in [3.05, 3.63) is 24.0 Å². The minimum Gasteiger partial charge on any atom is -0.466 e. The molecule has 1 aromatic heterocycles. The number of hydrogen-bond donors (Lipinski definition) is 0. The van der Waals surface area contributed by atoms with Crippen molar-refractivity contribution in [1.82, 2.24) is 4.98 Å². The minimum atomic E-state index is -4.54. The first-order valence-electron chi connectivity index (χ1n) is 8.43. The van der Waals surface area contributed by atoms with Crippen LogP contribution in [-0.4, -0.2) is 35.8 Å². The predicted octanol–water partition coefficient (Wildman–Crippen LogP) is 3.55. The van der Waals surface area contributed by atoms with Crippen LogP contribution in [0.5, 0.6) is 0 Å². The van der Waals surface area contributed by atoms with Crippen molar-refractivity contribution in [2.24, 2.45) is 5.92 Å². The fourth-order valence-corrected chi connectivity index (χ4v) is 3.45. The van der Waals surface area contributed by atoms with Gasteiger partial charge in [-0.15, -0.1) is 0 Å². The molecule has 1 aromatic rings. The molecule has 0 radical (unpaired) electrons. The lowest BCUT2D eigenvalue weighted by Gasteiger charge is -2.34. The van der Waals surface area contributed by atoms with Crippen molar-refractivity contribution in [3.8, 4) is 0 Å². The maximum atomic E-state index is 12.9. The fourth-order valence-electron chi connectivity index (χ4n) is 3.45. The number of anilines is 1. The van der Waals surface area contributed by atoms with Crippen LogP contribution in [0.1, 0.15) is 38.2 Å². The average molecular weight is 372 g/mol. The van der Waals surface area contributed by atoms with Crippen molar-refractivity contribution in [1.29, 1.82) is 0 Å². The molecular formula is C17H19F3N2O4. The number of carbonyl (C=O) groups excluding carboxylic acids is 2. The van der Waals surface area contributed by atoms with Gasteiger partial charge in [-0.1, -0.05) is 0 Å². The van der Waals surface area contributed by atoms with Crippen LogP contribution in [0.4, 0.5) is 23.7 Å². The number of nitrogens with zero attached hydrogens (tertiary/aromatic N) is 2. The number of rotatable bonds is 3. The third kappa shape index (κ3) is 3.61. The molecule has 1 aliphatic heterocycles. The summed E-state index contributed by atoms with van der Waals surface area (Å²) in [6.07, 6.45) is -1.36. The van der Waals surface area contributed by atoms with E-state index in [1.807, 2.05) is 0 Å². The van der Waals surface area contributed by atoms with Gasteiger partial charge in [-0.05, 0) is 38.7 Å². The molecular weight excluding hydrogens is 353 g/mol. The lowest BCUT2D eigenvalue weighted by molar-refractivity contribution is -0.150. The molecule has 6 nitrogen and oxygen atoms in total. The highest BCUT2D eigenvalue weighted by Gasteiger charge is 2.49. The summed E-state index contributed by atoms with van der Waals surface area (Å²) in [4.78, 5) is 28.8. The van der Waals surface area contributed by atoms with Gasteiger partial charge in [0.25, 0.3) is 0 Å². The maximum absolute atomic E-state index is 12.9. The molecule has 0 unspecified atom stereocenters. The van der Waals surface area contributed by atoms with E-state index < -0.39 is 23.4 Å². The SMILES string of the molecule is CCOC(=O)C1CCC2(CC1)CN(c1cncc(C(F)(F)F)c1)C(=O)O2. The second-order valence-corrected chi connectivity index (χ2v) is 6.59.